The number of hydrogen-bond donors (Lipinski definition) is 2. The van der Waals surface area contributed by atoms with E-state index in [1.165, 1.54) is 43.7 Å². The Bertz CT molecular complexity index is 1010. The second kappa shape index (κ2) is 10.7. The van der Waals surface area contributed by atoms with Crippen LogP contribution in [-0.4, -0.2) is 31.4 Å². The molecule has 1 aliphatic rings. The molecule has 7 heteroatoms. The van der Waals surface area contributed by atoms with Crippen LogP contribution in [0.15, 0.2) is 35.4 Å². The zero-order valence-corrected chi connectivity index (χ0v) is 18.3. The maximum absolute atomic E-state index is 12.2. The summed E-state index contributed by atoms with van der Waals surface area (Å²) in [6, 6.07) is 7.76. The average Bonchev–Trinajstić information content (AvgIpc) is 2.79. The van der Waals surface area contributed by atoms with Crippen molar-refractivity contribution in [1.82, 2.24) is 5.43 Å². The minimum Gasteiger partial charge on any atom is -0.506 e. The molecule has 162 valence electrons. The van der Waals surface area contributed by atoms with Gasteiger partial charge in [-0.25, -0.2) is 5.43 Å². The number of carbonyl (C=O) groups excluding carboxylic acids is 1. The fourth-order valence-electron chi connectivity index (χ4n) is 3.43. The number of hydrazone groups is 1. The Kier molecular flexibility index (Phi) is 7.80. The van der Waals surface area contributed by atoms with Crippen LogP contribution in [0.3, 0.4) is 0 Å². The highest BCUT2D eigenvalue weighted by molar-refractivity contribution is 6.32. The van der Waals surface area contributed by atoms with Crippen LogP contribution in [-0.2, 0) is 0 Å². The van der Waals surface area contributed by atoms with Crippen LogP contribution >= 0.6 is 11.6 Å². The average molecular weight is 441 g/mol. The molecule has 0 unspecified atom stereocenters. The quantitative estimate of drug-likeness (QED) is 0.399. The molecule has 0 saturated heterocycles. The van der Waals surface area contributed by atoms with Gasteiger partial charge in [0.2, 0.25) is 0 Å². The summed E-state index contributed by atoms with van der Waals surface area (Å²) in [5.41, 5.74) is 4.10. The Morgan fingerprint density at radius 1 is 1.16 bits per heavy atom. The number of rotatable bonds is 5. The van der Waals surface area contributed by atoms with Gasteiger partial charge in [-0.3, -0.25) is 4.79 Å². The molecule has 0 aliphatic heterocycles. The fraction of sp³-hybridized carbons (Fsp3) is 0.333. The Morgan fingerprint density at radius 3 is 2.45 bits per heavy atom. The van der Waals surface area contributed by atoms with Crippen molar-refractivity contribution in [1.29, 1.82) is 0 Å². The van der Waals surface area contributed by atoms with E-state index in [-0.39, 0.29) is 16.3 Å². The third-order valence-electron chi connectivity index (χ3n) is 5.12. The van der Waals surface area contributed by atoms with Gasteiger partial charge >= 0.3 is 0 Å². The monoisotopic (exact) mass is 440 g/mol. The molecule has 31 heavy (non-hydrogen) atoms. The summed E-state index contributed by atoms with van der Waals surface area (Å²) in [7, 11) is 3.16. The minimum absolute atomic E-state index is 0.0902. The normalized spacial score (nSPS) is 14.0. The Morgan fingerprint density at radius 2 is 1.84 bits per heavy atom. The molecule has 1 amide bonds. The lowest BCUT2D eigenvalue weighted by Crippen LogP contribution is -2.17. The topological polar surface area (TPSA) is 80.2 Å². The van der Waals surface area contributed by atoms with E-state index < -0.39 is 5.91 Å². The zero-order valence-electron chi connectivity index (χ0n) is 17.6. The van der Waals surface area contributed by atoms with Crippen molar-refractivity contribution in [3.63, 3.8) is 0 Å². The third kappa shape index (κ3) is 5.93. The predicted molar refractivity (Wildman–Crippen MR) is 121 cm³/mol. The summed E-state index contributed by atoms with van der Waals surface area (Å²) >= 11 is 5.84. The number of amides is 1. The van der Waals surface area contributed by atoms with E-state index >= 15 is 0 Å². The van der Waals surface area contributed by atoms with E-state index in [0.717, 1.165) is 12.8 Å². The smallest absolute Gasteiger partial charge is 0.271 e. The van der Waals surface area contributed by atoms with Crippen LogP contribution in [0, 0.1) is 17.8 Å². The number of phenols is 1. The van der Waals surface area contributed by atoms with Gasteiger partial charge in [0.15, 0.2) is 0 Å². The van der Waals surface area contributed by atoms with Crippen molar-refractivity contribution in [2.45, 2.75) is 32.1 Å². The Labute approximate surface area is 187 Å². The zero-order chi connectivity index (χ0) is 22.2. The molecule has 3 rings (SSSR count). The number of phenolic OH excluding ortho intramolecular Hbond substituents is 1. The van der Waals surface area contributed by atoms with Gasteiger partial charge in [0.1, 0.15) is 22.8 Å². The second-order valence-electron chi connectivity index (χ2n) is 7.27. The predicted octanol–water partition coefficient (Wildman–Crippen LogP) is 4.76. The van der Waals surface area contributed by atoms with Crippen LogP contribution in [0.25, 0.3) is 0 Å². The minimum atomic E-state index is -0.452. The van der Waals surface area contributed by atoms with Gasteiger partial charge in [-0.1, -0.05) is 42.7 Å². The van der Waals surface area contributed by atoms with E-state index in [0.29, 0.717) is 28.5 Å². The molecule has 0 aromatic heterocycles. The number of halogens is 1. The van der Waals surface area contributed by atoms with Crippen LogP contribution < -0.4 is 14.9 Å². The summed E-state index contributed by atoms with van der Waals surface area (Å²) in [6.45, 7) is 0. The van der Waals surface area contributed by atoms with E-state index in [2.05, 4.69) is 22.4 Å². The highest BCUT2D eigenvalue weighted by atomic mass is 35.5. The SMILES string of the molecule is COc1cc(C=NNC(=O)c2ccc(O)c(Cl)c2)cc(OC)c1C#CC1CCCCC1. The van der Waals surface area contributed by atoms with Crippen LogP contribution in [0.2, 0.25) is 5.02 Å². The molecule has 1 saturated carbocycles. The second-order valence-corrected chi connectivity index (χ2v) is 7.68. The summed E-state index contributed by atoms with van der Waals surface area (Å²) in [4.78, 5) is 12.2. The van der Waals surface area contributed by atoms with Crippen molar-refractivity contribution >= 4 is 23.7 Å². The number of nitrogens with zero attached hydrogens (tertiary/aromatic N) is 1. The van der Waals surface area contributed by atoms with Crippen molar-refractivity contribution in [2.75, 3.05) is 14.2 Å². The summed E-state index contributed by atoms with van der Waals surface area (Å²) in [5.74, 6) is 7.64. The van der Waals surface area contributed by atoms with E-state index in [1.807, 2.05) is 0 Å². The number of aromatic hydroxyl groups is 1. The van der Waals surface area contributed by atoms with Gasteiger partial charge in [0.25, 0.3) is 5.91 Å². The third-order valence-corrected chi connectivity index (χ3v) is 5.43. The van der Waals surface area contributed by atoms with Crippen molar-refractivity contribution in [3.05, 3.63) is 52.0 Å². The molecule has 0 spiro atoms. The molecule has 2 aromatic carbocycles. The molecular weight excluding hydrogens is 416 g/mol. The van der Waals surface area contributed by atoms with Crippen LogP contribution in [0.4, 0.5) is 0 Å². The lowest BCUT2D eigenvalue weighted by atomic mass is 9.89. The van der Waals surface area contributed by atoms with Crippen LogP contribution in [0.5, 0.6) is 17.2 Å². The Balaban J connectivity index is 1.76. The number of methoxy groups -OCH3 is 2. The van der Waals surface area contributed by atoms with Crippen molar-refractivity contribution in [2.24, 2.45) is 11.0 Å². The van der Waals surface area contributed by atoms with Gasteiger partial charge < -0.3 is 14.6 Å². The molecule has 2 aromatic rings. The lowest BCUT2D eigenvalue weighted by molar-refractivity contribution is 0.0955. The standard InChI is InChI=1S/C24H25ClN2O4/c1-30-22-12-17(15-26-27-24(29)18-9-11-21(28)20(25)14-18)13-23(31-2)19(22)10-8-16-6-4-3-5-7-16/h9,11-16,28H,3-7H2,1-2H3,(H,27,29). The molecular formula is C24H25ClN2O4. The van der Waals surface area contributed by atoms with Crippen molar-refractivity contribution < 1.29 is 19.4 Å². The summed E-state index contributed by atoms with van der Waals surface area (Å²) < 4.78 is 11.0. The number of benzene rings is 2. The molecule has 0 bridgehead atoms. The fourth-order valence-corrected chi connectivity index (χ4v) is 3.61. The van der Waals surface area contributed by atoms with Gasteiger partial charge in [-0.05, 0) is 43.2 Å². The molecule has 0 atom stereocenters. The van der Waals surface area contributed by atoms with Gasteiger partial charge in [0.05, 0.1) is 25.5 Å². The lowest BCUT2D eigenvalue weighted by Gasteiger charge is -2.16. The van der Waals surface area contributed by atoms with Gasteiger partial charge in [0, 0.05) is 17.0 Å². The van der Waals surface area contributed by atoms with E-state index in [4.69, 9.17) is 21.1 Å². The van der Waals surface area contributed by atoms with Crippen molar-refractivity contribution in [3.8, 4) is 29.1 Å². The molecule has 0 heterocycles. The molecule has 1 aliphatic carbocycles. The molecule has 0 radical (unpaired) electrons. The maximum atomic E-state index is 12.2. The van der Waals surface area contributed by atoms with Crippen LogP contribution in [0.1, 0.15) is 53.6 Å². The maximum Gasteiger partial charge on any atom is 0.271 e. The van der Waals surface area contributed by atoms with Gasteiger partial charge in [-0.2, -0.15) is 5.10 Å². The first-order valence-electron chi connectivity index (χ1n) is 10.1. The highest BCUT2D eigenvalue weighted by Crippen LogP contribution is 2.30. The first kappa shape index (κ1) is 22.5. The summed E-state index contributed by atoms with van der Waals surface area (Å²) in [6.07, 6.45) is 7.50. The largest absolute Gasteiger partial charge is 0.506 e. The first-order valence-corrected chi connectivity index (χ1v) is 10.5. The first-order chi connectivity index (χ1) is 15.0. The number of ether oxygens (including phenoxy) is 2. The van der Waals surface area contributed by atoms with Gasteiger partial charge in [-0.15, -0.1) is 0 Å². The molecule has 2 N–H and O–H groups in total. The number of carbonyl (C=O) groups is 1. The Hall–Kier alpha value is -3.17. The number of nitrogens with one attached hydrogen (secondary N) is 1. The van der Waals surface area contributed by atoms with E-state index in [1.54, 1.807) is 26.4 Å². The molecule has 6 nitrogen and oxygen atoms in total. The molecule has 1 fully saturated rings. The summed E-state index contributed by atoms with van der Waals surface area (Å²) in [5, 5.41) is 13.5. The highest BCUT2D eigenvalue weighted by Gasteiger charge is 2.13. The van der Waals surface area contributed by atoms with E-state index in [9.17, 15) is 9.90 Å². The number of hydrogen-bond acceptors (Lipinski definition) is 5.